The number of nitrogens with one attached hydrogen (secondary N) is 1. The summed E-state index contributed by atoms with van der Waals surface area (Å²) in [7, 11) is 0. The van der Waals surface area contributed by atoms with Crippen LogP contribution in [0.5, 0.6) is 0 Å². The normalized spacial score (nSPS) is 10.4. The first-order valence-corrected chi connectivity index (χ1v) is 5.66. The second-order valence-corrected chi connectivity index (χ2v) is 3.99. The van der Waals surface area contributed by atoms with Crippen molar-refractivity contribution < 1.29 is 4.42 Å². The van der Waals surface area contributed by atoms with Crippen LogP contribution in [0, 0.1) is 0 Å². The molecule has 0 fully saturated rings. The minimum Gasteiger partial charge on any atom is -0.464 e. The summed E-state index contributed by atoms with van der Waals surface area (Å²) in [5.74, 6) is 0.693. The minimum absolute atomic E-state index is 0.136. The van der Waals surface area contributed by atoms with E-state index in [1.54, 1.807) is 12.3 Å². The van der Waals surface area contributed by atoms with Gasteiger partial charge in [0.15, 0.2) is 0 Å². The van der Waals surface area contributed by atoms with E-state index in [9.17, 15) is 4.79 Å². The van der Waals surface area contributed by atoms with Crippen molar-refractivity contribution in [2.45, 2.75) is 0 Å². The fraction of sp³-hybridized carbons (Fsp3) is 0. The van der Waals surface area contributed by atoms with Crippen molar-refractivity contribution in [2.24, 2.45) is 0 Å². The Hall–Kier alpha value is -2.55. The van der Waals surface area contributed by atoms with Crippen molar-refractivity contribution in [1.29, 1.82) is 0 Å². The quantitative estimate of drug-likeness (QED) is 0.743. The summed E-state index contributed by atoms with van der Waals surface area (Å²) in [4.78, 5) is 14.5. The highest BCUT2D eigenvalue weighted by molar-refractivity contribution is 5.67. The number of hydrogen-bond acceptors (Lipinski definition) is 2. The van der Waals surface area contributed by atoms with E-state index >= 15 is 0 Å². The summed E-state index contributed by atoms with van der Waals surface area (Å²) in [6.07, 6.45) is 1.60. The van der Waals surface area contributed by atoms with Gasteiger partial charge >= 0.3 is 0 Å². The summed E-state index contributed by atoms with van der Waals surface area (Å²) in [5.41, 5.74) is 2.41. The molecule has 3 aromatic rings. The van der Waals surface area contributed by atoms with E-state index in [1.165, 1.54) is 6.07 Å². The monoisotopic (exact) mass is 237 g/mol. The molecule has 2 heterocycles. The number of rotatable bonds is 2. The van der Waals surface area contributed by atoms with Gasteiger partial charge in [-0.1, -0.05) is 30.3 Å². The zero-order valence-electron chi connectivity index (χ0n) is 9.59. The van der Waals surface area contributed by atoms with Crippen molar-refractivity contribution in [2.75, 3.05) is 0 Å². The number of pyridine rings is 1. The third kappa shape index (κ3) is 1.98. The molecule has 0 radical (unpaired) electrons. The van der Waals surface area contributed by atoms with E-state index in [0.29, 0.717) is 5.76 Å². The van der Waals surface area contributed by atoms with E-state index in [0.717, 1.165) is 16.8 Å². The topological polar surface area (TPSA) is 46.0 Å². The number of aromatic amines is 1. The summed E-state index contributed by atoms with van der Waals surface area (Å²) >= 11 is 0. The molecule has 0 amide bonds. The van der Waals surface area contributed by atoms with Crippen molar-refractivity contribution in [3.8, 4) is 22.6 Å². The average Bonchev–Trinajstić information content (AvgIpc) is 2.93. The molecule has 0 atom stereocenters. The molecular formula is C15H11NO2. The van der Waals surface area contributed by atoms with Gasteiger partial charge in [-0.05, 0) is 23.8 Å². The predicted molar refractivity (Wildman–Crippen MR) is 70.2 cm³/mol. The van der Waals surface area contributed by atoms with Gasteiger partial charge in [-0.3, -0.25) is 4.79 Å². The lowest BCUT2D eigenvalue weighted by Crippen LogP contribution is -2.05. The fourth-order valence-corrected chi connectivity index (χ4v) is 1.90. The zero-order chi connectivity index (χ0) is 12.4. The second kappa shape index (κ2) is 4.37. The first-order chi connectivity index (χ1) is 8.83. The lowest BCUT2D eigenvalue weighted by atomic mass is 10.1. The van der Waals surface area contributed by atoms with Gasteiger partial charge in [-0.15, -0.1) is 0 Å². The van der Waals surface area contributed by atoms with Gasteiger partial charge < -0.3 is 9.40 Å². The molecule has 0 bridgehead atoms. The lowest BCUT2D eigenvalue weighted by Gasteiger charge is -2.03. The first kappa shape index (κ1) is 10.6. The van der Waals surface area contributed by atoms with Crippen LogP contribution in [0.2, 0.25) is 0 Å². The van der Waals surface area contributed by atoms with E-state index in [4.69, 9.17) is 4.42 Å². The van der Waals surface area contributed by atoms with Crippen molar-refractivity contribution in [1.82, 2.24) is 4.98 Å². The Kier molecular flexibility index (Phi) is 2.57. The highest BCUT2D eigenvalue weighted by Crippen LogP contribution is 2.23. The zero-order valence-corrected chi connectivity index (χ0v) is 9.59. The fourth-order valence-electron chi connectivity index (χ4n) is 1.90. The van der Waals surface area contributed by atoms with Crippen LogP contribution in [0.15, 0.2) is 70.1 Å². The standard InChI is InChI=1S/C15H11NO2/c17-15-10-12(14-7-4-8-18-14)9-13(16-15)11-5-2-1-3-6-11/h1-10H,(H,16,17). The Balaban J connectivity index is 2.15. The molecule has 18 heavy (non-hydrogen) atoms. The Morgan fingerprint density at radius 2 is 1.72 bits per heavy atom. The van der Waals surface area contributed by atoms with Crippen LogP contribution in [0.4, 0.5) is 0 Å². The maximum atomic E-state index is 11.7. The van der Waals surface area contributed by atoms with Crippen LogP contribution < -0.4 is 5.56 Å². The molecule has 0 aliphatic heterocycles. The highest BCUT2D eigenvalue weighted by atomic mass is 16.3. The average molecular weight is 237 g/mol. The molecule has 0 unspecified atom stereocenters. The molecule has 0 spiro atoms. The Morgan fingerprint density at radius 1 is 0.889 bits per heavy atom. The molecular weight excluding hydrogens is 226 g/mol. The van der Waals surface area contributed by atoms with Crippen molar-refractivity contribution in [3.05, 3.63) is 71.2 Å². The van der Waals surface area contributed by atoms with Crippen molar-refractivity contribution >= 4 is 0 Å². The van der Waals surface area contributed by atoms with Crippen LogP contribution in [0.3, 0.4) is 0 Å². The molecule has 0 aliphatic carbocycles. The van der Waals surface area contributed by atoms with Crippen LogP contribution in [-0.2, 0) is 0 Å². The minimum atomic E-state index is -0.136. The molecule has 1 N–H and O–H groups in total. The van der Waals surface area contributed by atoms with Crippen LogP contribution in [0.1, 0.15) is 0 Å². The van der Waals surface area contributed by atoms with Gasteiger partial charge in [-0.25, -0.2) is 0 Å². The van der Waals surface area contributed by atoms with Gasteiger partial charge in [0.1, 0.15) is 5.76 Å². The van der Waals surface area contributed by atoms with Crippen LogP contribution in [-0.4, -0.2) is 4.98 Å². The van der Waals surface area contributed by atoms with Crippen molar-refractivity contribution in [3.63, 3.8) is 0 Å². The summed E-state index contributed by atoms with van der Waals surface area (Å²) in [6, 6.07) is 16.8. The molecule has 1 aromatic carbocycles. The van der Waals surface area contributed by atoms with Gasteiger partial charge in [-0.2, -0.15) is 0 Å². The Morgan fingerprint density at radius 3 is 2.44 bits per heavy atom. The van der Waals surface area contributed by atoms with E-state index in [1.807, 2.05) is 42.5 Å². The molecule has 0 saturated carbocycles. The second-order valence-electron chi connectivity index (χ2n) is 3.99. The Labute approximate surface area is 104 Å². The maximum Gasteiger partial charge on any atom is 0.249 e. The molecule has 3 rings (SSSR count). The SMILES string of the molecule is O=c1cc(-c2ccco2)cc(-c2ccccc2)[nH]1. The number of benzene rings is 1. The molecule has 0 aliphatic rings. The maximum absolute atomic E-state index is 11.7. The summed E-state index contributed by atoms with van der Waals surface area (Å²) in [6.45, 7) is 0. The third-order valence-electron chi connectivity index (χ3n) is 2.73. The molecule has 88 valence electrons. The number of hydrogen-bond donors (Lipinski definition) is 1. The van der Waals surface area contributed by atoms with Gasteiger partial charge in [0.05, 0.1) is 6.26 Å². The number of aromatic nitrogens is 1. The molecule has 0 saturated heterocycles. The summed E-state index contributed by atoms with van der Waals surface area (Å²) in [5, 5.41) is 0. The van der Waals surface area contributed by atoms with Crippen LogP contribution in [0.25, 0.3) is 22.6 Å². The van der Waals surface area contributed by atoms with E-state index in [-0.39, 0.29) is 5.56 Å². The van der Waals surface area contributed by atoms with Crippen LogP contribution >= 0.6 is 0 Å². The van der Waals surface area contributed by atoms with Gasteiger partial charge in [0.2, 0.25) is 5.56 Å². The molecule has 3 heteroatoms. The third-order valence-corrected chi connectivity index (χ3v) is 2.73. The Bertz CT molecular complexity index is 697. The highest BCUT2D eigenvalue weighted by Gasteiger charge is 2.05. The smallest absolute Gasteiger partial charge is 0.249 e. The molecule has 2 aromatic heterocycles. The van der Waals surface area contributed by atoms with Gasteiger partial charge in [0.25, 0.3) is 0 Å². The molecule has 3 nitrogen and oxygen atoms in total. The first-order valence-electron chi connectivity index (χ1n) is 5.66. The van der Waals surface area contributed by atoms with E-state index in [2.05, 4.69) is 4.98 Å². The largest absolute Gasteiger partial charge is 0.464 e. The van der Waals surface area contributed by atoms with Gasteiger partial charge in [0, 0.05) is 17.3 Å². The summed E-state index contributed by atoms with van der Waals surface area (Å²) < 4.78 is 5.31. The predicted octanol–water partition coefficient (Wildman–Crippen LogP) is 3.30. The number of furan rings is 1. The number of H-pyrrole nitrogens is 1. The van der Waals surface area contributed by atoms with E-state index < -0.39 is 0 Å². The lowest BCUT2D eigenvalue weighted by molar-refractivity contribution is 0.582.